The van der Waals surface area contributed by atoms with Crippen LogP contribution >= 0.6 is 0 Å². The van der Waals surface area contributed by atoms with Gasteiger partial charge in [0.1, 0.15) is 0 Å². The zero-order valence-electron chi connectivity index (χ0n) is 22.3. The maximum atomic E-state index is 11.4. The SMILES string of the molecule is CCCCCCCCN[C@@H]1C[C@H]2[C@@H]3CC=C4C[C@@H](O)CC[C@]4(C)[C@H]3CC[C@]2(C)[C@H]1C(C)(C)O. The molecule has 3 heteroatoms. The normalized spacial score (nSPS) is 42.9. The topological polar surface area (TPSA) is 52.5 Å². The number of hydrogen-bond acceptors (Lipinski definition) is 3. The van der Waals surface area contributed by atoms with Gasteiger partial charge in [0.2, 0.25) is 0 Å². The predicted molar refractivity (Wildman–Crippen MR) is 138 cm³/mol. The Morgan fingerprint density at radius 1 is 1.03 bits per heavy atom. The van der Waals surface area contributed by atoms with Crippen molar-refractivity contribution in [3.63, 3.8) is 0 Å². The fourth-order valence-corrected chi connectivity index (χ4v) is 9.38. The van der Waals surface area contributed by atoms with Crippen LogP contribution in [0, 0.1) is 34.5 Å². The average molecular weight is 460 g/mol. The van der Waals surface area contributed by atoms with Crippen molar-refractivity contribution in [2.75, 3.05) is 6.54 Å². The minimum absolute atomic E-state index is 0.128. The summed E-state index contributed by atoms with van der Waals surface area (Å²) < 4.78 is 0. The van der Waals surface area contributed by atoms with E-state index in [0.29, 0.717) is 17.9 Å². The number of rotatable bonds is 9. The van der Waals surface area contributed by atoms with E-state index in [9.17, 15) is 10.2 Å². The third kappa shape index (κ3) is 4.85. The Kier molecular flexibility index (Phi) is 7.74. The van der Waals surface area contributed by atoms with E-state index in [0.717, 1.165) is 37.6 Å². The lowest BCUT2D eigenvalue weighted by Gasteiger charge is -2.58. The molecule has 4 aliphatic carbocycles. The quantitative estimate of drug-likeness (QED) is 0.268. The molecule has 3 saturated carbocycles. The van der Waals surface area contributed by atoms with Crippen molar-refractivity contribution in [3.8, 4) is 0 Å². The number of aliphatic hydroxyl groups excluding tert-OH is 1. The first-order valence-electron chi connectivity index (χ1n) is 14.4. The molecule has 4 aliphatic rings. The highest BCUT2D eigenvalue weighted by molar-refractivity contribution is 5.26. The Morgan fingerprint density at radius 3 is 2.48 bits per heavy atom. The van der Waals surface area contributed by atoms with E-state index in [1.165, 1.54) is 64.2 Å². The highest BCUT2D eigenvalue weighted by atomic mass is 16.3. The molecule has 3 fully saturated rings. The minimum Gasteiger partial charge on any atom is -0.393 e. The number of unbranched alkanes of at least 4 members (excludes halogenated alkanes) is 5. The minimum atomic E-state index is -0.649. The van der Waals surface area contributed by atoms with Crippen LogP contribution in [0.3, 0.4) is 0 Å². The summed E-state index contributed by atoms with van der Waals surface area (Å²) >= 11 is 0. The molecule has 3 N–H and O–H groups in total. The molecule has 190 valence electrons. The van der Waals surface area contributed by atoms with E-state index in [2.05, 4.69) is 46.0 Å². The first-order valence-corrected chi connectivity index (χ1v) is 14.4. The Hall–Kier alpha value is -0.380. The summed E-state index contributed by atoms with van der Waals surface area (Å²) in [4.78, 5) is 0. The van der Waals surface area contributed by atoms with Gasteiger partial charge in [-0.25, -0.2) is 0 Å². The molecular formula is C30H53NO2. The molecule has 0 aliphatic heterocycles. The molecule has 0 unspecified atom stereocenters. The fourth-order valence-electron chi connectivity index (χ4n) is 9.38. The maximum Gasteiger partial charge on any atom is 0.0639 e. The van der Waals surface area contributed by atoms with Crippen LogP contribution in [-0.4, -0.2) is 34.5 Å². The third-order valence-electron chi connectivity index (χ3n) is 10.8. The molecule has 0 heterocycles. The molecule has 0 aromatic carbocycles. The van der Waals surface area contributed by atoms with Gasteiger partial charge in [-0.2, -0.15) is 0 Å². The van der Waals surface area contributed by atoms with Crippen molar-refractivity contribution in [3.05, 3.63) is 11.6 Å². The van der Waals surface area contributed by atoms with Gasteiger partial charge in [0.05, 0.1) is 11.7 Å². The van der Waals surface area contributed by atoms with Crippen LogP contribution in [0.15, 0.2) is 11.6 Å². The lowest BCUT2D eigenvalue weighted by Crippen LogP contribution is -2.54. The van der Waals surface area contributed by atoms with Gasteiger partial charge in [0.25, 0.3) is 0 Å². The van der Waals surface area contributed by atoms with Gasteiger partial charge >= 0.3 is 0 Å². The summed E-state index contributed by atoms with van der Waals surface area (Å²) in [5.41, 5.74) is 1.41. The van der Waals surface area contributed by atoms with Gasteiger partial charge in [-0.3, -0.25) is 0 Å². The van der Waals surface area contributed by atoms with Gasteiger partial charge in [-0.15, -0.1) is 0 Å². The lowest BCUT2D eigenvalue weighted by molar-refractivity contribution is -0.0983. The first-order chi connectivity index (χ1) is 15.6. The van der Waals surface area contributed by atoms with E-state index in [1.54, 1.807) is 5.57 Å². The van der Waals surface area contributed by atoms with Crippen LogP contribution in [0.4, 0.5) is 0 Å². The van der Waals surface area contributed by atoms with Crippen molar-refractivity contribution in [2.45, 2.75) is 136 Å². The Morgan fingerprint density at radius 2 is 1.76 bits per heavy atom. The molecule has 4 rings (SSSR count). The number of allylic oxidation sites excluding steroid dienone is 1. The summed E-state index contributed by atoms with van der Waals surface area (Å²) in [6.45, 7) is 12.6. The molecule has 0 radical (unpaired) electrons. The highest BCUT2D eigenvalue weighted by Gasteiger charge is 2.63. The highest BCUT2D eigenvalue weighted by Crippen LogP contribution is 2.67. The van der Waals surface area contributed by atoms with Crippen molar-refractivity contribution in [1.82, 2.24) is 5.32 Å². The van der Waals surface area contributed by atoms with E-state index in [4.69, 9.17) is 0 Å². The average Bonchev–Trinajstić information content (AvgIpc) is 3.06. The van der Waals surface area contributed by atoms with Crippen LogP contribution in [-0.2, 0) is 0 Å². The van der Waals surface area contributed by atoms with Crippen LogP contribution in [0.5, 0.6) is 0 Å². The molecule has 0 saturated heterocycles. The van der Waals surface area contributed by atoms with Gasteiger partial charge in [-0.1, -0.05) is 64.5 Å². The number of aliphatic hydroxyl groups is 2. The lowest BCUT2D eigenvalue weighted by atomic mass is 9.47. The largest absolute Gasteiger partial charge is 0.393 e. The van der Waals surface area contributed by atoms with E-state index in [-0.39, 0.29) is 16.9 Å². The molecule has 0 spiro atoms. The zero-order valence-corrected chi connectivity index (χ0v) is 22.3. The molecule has 0 aromatic rings. The van der Waals surface area contributed by atoms with Crippen molar-refractivity contribution in [1.29, 1.82) is 0 Å². The second-order valence-corrected chi connectivity index (χ2v) is 13.4. The standard InChI is InChI=1S/C30H53NO2/c1-6-7-8-9-10-11-18-31-26-20-25-23-13-12-21-19-22(32)14-16-29(21,4)24(23)15-17-30(25,5)27(26)28(2,3)33/h12,22-27,31-33H,6-11,13-20H2,1-5H3/t22-,23+,24-,25-,26+,27+,29-,30-/m0/s1. The Balaban J connectivity index is 1.48. The van der Waals surface area contributed by atoms with Gasteiger partial charge < -0.3 is 15.5 Å². The number of fused-ring (bicyclic) bond motifs is 5. The monoisotopic (exact) mass is 459 g/mol. The van der Waals surface area contributed by atoms with E-state index in [1.807, 2.05) is 0 Å². The van der Waals surface area contributed by atoms with Crippen LogP contribution in [0.25, 0.3) is 0 Å². The van der Waals surface area contributed by atoms with Crippen molar-refractivity contribution >= 4 is 0 Å². The number of nitrogens with one attached hydrogen (secondary N) is 1. The molecular weight excluding hydrogens is 406 g/mol. The van der Waals surface area contributed by atoms with Crippen LogP contribution in [0.2, 0.25) is 0 Å². The van der Waals surface area contributed by atoms with Gasteiger partial charge in [0, 0.05) is 12.0 Å². The van der Waals surface area contributed by atoms with Crippen LogP contribution in [0.1, 0.15) is 118 Å². The summed E-state index contributed by atoms with van der Waals surface area (Å²) in [6, 6.07) is 0.431. The third-order valence-corrected chi connectivity index (χ3v) is 10.8. The summed E-state index contributed by atoms with van der Waals surface area (Å²) in [6.07, 6.45) is 18.4. The van der Waals surface area contributed by atoms with Crippen molar-refractivity contribution in [2.24, 2.45) is 34.5 Å². The molecule has 8 atom stereocenters. The zero-order chi connectivity index (χ0) is 23.9. The molecule has 0 aromatic heterocycles. The van der Waals surface area contributed by atoms with Gasteiger partial charge in [-0.05, 0) is 100 Å². The smallest absolute Gasteiger partial charge is 0.0639 e. The summed E-state index contributed by atoms with van der Waals surface area (Å²) in [5, 5.41) is 25.6. The Labute approximate surface area is 204 Å². The Bertz CT molecular complexity index is 696. The second-order valence-electron chi connectivity index (χ2n) is 13.4. The second kappa shape index (κ2) is 9.94. The fraction of sp³-hybridized carbons (Fsp3) is 0.933. The first kappa shape index (κ1) is 25.7. The summed E-state index contributed by atoms with van der Waals surface area (Å²) in [7, 11) is 0. The molecule has 33 heavy (non-hydrogen) atoms. The maximum absolute atomic E-state index is 11.4. The van der Waals surface area contributed by atoms with Crippen molar-refractivity contribution < 1.29 is 10.2 Å². The molecule has 3 nitrogen and oxygen atoms in total. The molecule has 0 bridgehead atoms. The predicted octanol–water partition coefficient (Wildman–Crippen LogP) is 6.63. The summed E-state index contributed by atoms with van der Waals surface area (Å²) in [5.74, 6) is 2.50. The van der Waals surface area contributed by atoms with Crippen LogP contribution < -0.4 is 5.32 Å². The number of hydrogen-bond donors (Lipinski definition) is 3. The molecule has 0 amide bonds. The van der Waals surface area contributed by atoms with Gasteiger partial charge in [0.15, 0.2) is 0 Å². The van der Waals surface area contributed by atoms with E-state index >= 15 is 0 Å². The van der Waals surface area contributed by atoms with E-state index < -0.39 is 5.60 Å².